The number of aromatic hydroxyl groups is 1. The number of aliphatic hydroxyl groups excluding tert-OH is 1. The van der Waals surface area contributed by atoms with E-state index in [1.165, 1.54) is 5.56 Å². The molecule has 0 radical (unpaired) electrons. The van der Waals surface area contributed by atoms with Crippen LogP contribution in [0.5, 0.6) is 5.75 Å². The van der Waals surface area contributed by atoms with Gasteiger partial charge in [-0.1, -0.05) is 30.3 Å². The van der Waals surface area contributed by atoms with Crippen molar-refractivity contribution in [2.75, 3.05) is 31.1 Å². The van der Waals surface area contributed by atoms with Gasteiger partial charge in [-0.25, -0.2) is 0 Å². The first-order chi connectivity index (χ1) is 10.8. The molecule has 0 aromatic heterocycles. The summed E-state index contributed by atoms with van der Waals surface area (Å²) >= 11 is 0. The Morgan fingerprint density at radius 3 is 2.36 bits per heavy atom. The Kier molecular flexibility index (Phi) is 4.61. The molecule has 0 unspecified atom stereocenters. The summed E-state index contributed by atoms with van der Waals surface area (Å²) in [5, 5.41) is 19.2. The van der Waals surface area contributed by atoms with Crippen LogP contribution in [0.2, 0.25) is 0 Å². The van der Waals surface area contributed by atoms with E-state index in [1.807, 2.05) is 18.2 Å². The molecule has 2 N–H and O–H groups in total. The van der Waals surface area contributed by atoms with Gasteiger partial charge in [0, 0.05) is 31.9 Å². The highest BCUT2D eigenvalue weighted by molar-refractivity contribution is 5.50. The molecule has 1 heterocycles. The molecule has 0 spiro atoms. The first-order valence-corrected chi connectivity index (χ1v) is 7.69. The molecular weight excluding hydrogens is 276 g/mol. The lowest BCUT2D eigenvalue weighted by Crippen LogP contribution is -2.54. The van der Waals surface area contributed by atoms with E-state index < -0.39 is 0 Å². The molecule has 116 valence electrons. The molecule has 2 aromatic carbocycles. The number of anilines is 1. The van der Waals surface area contributed by atoms with E-state index in [1.54, 1.807) is 12.1 Å². The van der Waals surface area contributed by atoms with E-state index >= 15 is 0 Å². The minimum absolute atomic E-state index is 0.0852. The quantitative estimate of drug-likeness (QED) is 0.907. The third-order valence-electron chi connectivity index (χ3n) is 4.21. The fourth-order valence-electron chi connectivity index (χ4n) is 3.05. The van der Waals surface area contributed by atoms with Crippen LogP contribution in [0.4, 0.5) is 5.69 Å². The molecule has 0 amide bonds. The van der Waals surface area contributed by atoms with Crippen molar-refractivity contribution in [1.29, 1.82) is 0 Å². The average molecular weight is 298 g/mol. The summed E-state index contributed by atoms with van der Waals surface area (Å²) in [6.45, 7) is 3.73. The third-order valence-corrected chi connectivity index (χ3v) is 4.21. The Labute approximate surface area is 131 Å². The number of rotatable bonds is 4. The predicted octanol–water partition coefficient (Wildman–Crippen LogP) is 2.08. The zero-order chi connectivity index (χ0) is 15.4. The molecule has 1 fully saturated rings. The maximum absolute atomic E-state index is 9.74. The molecule has 0 saturated carbocycles. The number of piperazine rings is 1. The van der Waals surface area contributed by atoms with Crippen LogP contribution in [-0.2, 0) is 6.54 Å². The molecule has 1 aliphatic heterocycles. The lowest BCUT2D eigenvalue weighted by molar-refractivity contribution is 0.165. The van der Waals surface area contributed by atoms with E-state index in [0.717, 1.165) is 31.9 Å². The van der Waals surface area contributed by atoms with Gasteiger partial charge >= 0.3 is 0 Å². The van der Waals surface area contributed by atoms with E-state index in [9.17, 15) is 10.2 Å². The molecule has 1 saturated heterocycles. The second-order valence-corrected chi connectivity index (χ2v) is 5.77. The van der Waals surface area contributed by atoms with Crippen LogP contribution < -0.4 is 4.90 Å². The van der Waals surface area contributed by atoms with Crippen LogP contribution in [0.25, 0.3) is 0 Å². The van der Waals surface area contributed by atoms with Crippen LogP contribution in [0, 0.1) is 0 Å². The summed E-state index contributed by atoms with van der Waals surface area (Å²) in [4.78, 5) is 4.61. The second kappa shape index (κ2) is 6.81. The third kappa shape index (κ3) is 3.40. The zero-order valence-corrected chi connectivity index (χ0v) is 12.6. The predicted molar refractivity (Wildman–Crippen MR) is 88.0 cm³/mol. The van der Waals surface area contributed by atoms with Gasteiger partial charge in [0.15, 0.2) is 0 Å². The molecule has 4 heteroatoms. The van der Waals surface area contributed by atoms with Gasteiger partial charge in [0.05, 0.1) is 12.6 Å². The Morgan fingerprint density at radius 1 is 0.955 bits per heavy atom. The van der Waals surface area contributed by atoms with Crippen molar-refractivity contribution in [3.63, 3.8) is 0 Å². The van der Waals surface area contributed by atoms with Crippen LogP contribution in [-0.4, -0.2) is 47.4 Å². The van der Waals surface area contributed by atoms with Gasteiger partial charge in [0.2, 0.25) is 0 Å². The van der Waals surface area contributed by atoms with Crippen LogP contribution in [0.3, 0.4) is 0 Å². The highest BCUT2D eigenvalue weighted by Crippen LogP contribution is 2.23. The van der Waals surface area contributed by atoms with Crippen molar-refractivity contribution in [3.05, 3.63) is 60.2 Å². The van der Waals surface area contributed by atoms with Gasteiger partial charge < -0.3 is 15.1 Å². The summed E-state index contributed by atoms with van der Waals surface area (Å²) in [5.41, 5.74) is 2.36. The molecule has 1 aliphatic rings. The number of nitrogens with zero attached hydrogens (tertiary/aromatic N) is 2. The highest BCUT2D eigenvalue weighted by atomic mass is 16.3. The number of hydrogen-bond acceptors (Lipinski definition) is 4. The molecule has 0 aliphatic carbocycles. The minimum Gasteiger partial charge on any atom is -0.508 e. The van der Waals surface area contributed by atoms with Gasteiger partial charge in [-0.2, -0.15) is 0 Å². The van der Waals surface area contributed by atoms with Crippen molar-refractivity contribution in [2.45, 2.75) is 12.6 Å². The van der Waals surface area contributed by atoms with E-state index in [0.29, 0.717) is 0 Å². The molecule has 4 nitrogen and oxygen atoms in total. The summed E-state index contributed by atoms with van der Waals surface area (Å²) in [6, 6.07) is 17.7. The summed E-state index contributed by atoms with van der Waals surface area (Å²) < 4.78 is 0. The molecule has 2 aromatic rings. The van der Waals surface area contributed by atoms with Crippen LogP contribution in [0.1, 0.15) is 5.56 Å². The Morgan fingerprint density at radius 2 is 1.68 bits per heavy atom. The Balaban J connectivity index is 1.67. The normalized spacial score (nSPS) is 19.3. The summed E-state index contributed by atoms with van der Waals surface area (Å²) in [6.07, 6.45) is 0. The number of phenolic OH excluding ortho intramolecular Hbond substituents is 1. The van der Waals surface area contributed by atoms with Gasteiger partial charge in [0.1, 0.15) is 5.75 Å². The van der Waals surface area contributed by atoms with Crippen molar-refractivity contribution in [2.24, 2.45) is 0 Å². The fourth-order valence-corrected chi connectivity index (χ4v) is 3.05. The zero-order valence-electron chi connectivity index (χ0n) is 12.6. The monoisotopic (exact) mass is 298 g/mol. The Hall–Kier alpha value is -2.04. The van der Waals surface area contributed by atoms with Gasteiger partial charge in [-0.3, -0.25) is 4.90 Å². The largest absolute Gasteiger partial charge is 0.508 e. The fraction of sp³-hybridized carbons (Fsp3) is 0.333. The van der Waals surface area contributed by atoms with Gasteiger partial charge in [-0.05, 0) is 29.8 Å². The highest BCUT2D eigenvalue weighted by Gasteiger charge is 2.26. The van der Waals surface area contributed by atoms with Crippen molar-refractivity contribution < 1.29 is 10.2 Å². The van der Waals surface area contributed by atoms with Crippen molar-refractivity contribution >= 4 is 5.69 Å². The molecule has 1 atom stereocenters. The first kappa shape index (κ1) is 14.9. The topological polar surface area (TPSA) is 46.9 Å². The lowest BCUT2D eigenvalue weighted by Gasteiger charge is -2.42. The SMILES string of the molecule is OC[C@H]1CN(Cc2ccccc2)CCN1c1ccc(O)cc1. The van der Waals surface area contributed by atoms with Crippen LogP contribution >= 0.6 is 0 Å². The van der Waals surface area contributed by atoms with Crippen molar-refractivity contribution in [3.8, 4) is 5.75 Å². The van der Waals surface area contributed by atoms with Crippen LogP contribution in [0.15, 0.2) is 54.6 Å². The lowest BCUT2D eigenvalue weighted by atomic mass is 10.1. The Bertz CT molecular complexity index is 586. The minimum atomic E-state index is 0.0852. The smallest absolute Gasteiger partial charge is 0.115 e. The maximum Gasteiger partial charge on any atom is 0.115 e. The maximum atomic E-state index is 9.74. The number of aliphatic hydroxyl groups is 1. The van der Waals surface area contributed by atoms with Gasteiger partial charge in [0.25, 0.3) is 0 Å². The summed E-state index contributed by atoms with van der Waals surface area (Å²) in [7, 11) is 0. The summed E-state index contributed by atoms with van der Waals surface area (Å²) in [5.74, 6) is 0.270. The average Bonchev–Trinajstić information content (AvgIpc) is 2.56. The first-order valence-electron chi connectivity index (χ1n) is 7.69. The van der Waals surface area contributed by atoms with E-state index in [-0.39, 0.29) is 18.4 Å². The van der Waals surface area contributed by atoms with Crippen molar-refractivity contribution in [1.82, 2.24) is 4.90 Å². The number of hydrogen-bond donors (Lipinski definition) is 2. The molecule has 3 rings (SSSR count). The second-order valence-electron chi connectivity index (χ2n) is 5.77. The van der Waals surface area contributed by atoms with E-state index in [4.69, 9.17) is 0 Å². The standard InChI is InChI=1S/C18H22N2O2/c21-14-17-13-19(12-15-4-2-1-3-5-15)10-11-20(17)16-6-8-18(22)9-7-16/h1-9,17,21-22H,10-14H2/t17-/m1/s1. The molecule has 0 bridgehead atoms. The molecule has 22 heavy (non-hydrogen) atoms. The van der Waals surface area contributed by atoms with Gasteiger partial charge in [-0.15, -0.1) is 0 Å². The number of phenols is 1. The van der Waals surface area contributed by atoms with E-state index in [2.05, 4.69) is 34.1 Å². The molecular formula is C18H22N2O2. The number of benzene rings is 2.